The maximum Gasteiger partial charge on any atom is 0.196 e. The molecule has 1 aromatic carbocycles. The Balaban J connectivity index is 2.45. The van der Waals surface area contributed by atoms with E-state index in [2.05, 4.69) is 0 Å². The van der Waals surface area contributed by atoms with Crippen LogP contribution in [0.1, 0.15) is 12.8 Å². The van der Waals surface area contributed by atoms with Gasteiger partial charge in [-0.2, -0.15) is 0 Å². The van der Waals surface area contributed by atoms with Crippen molar-refractivity contribution < 1.29 is 12.8 Å². The molecule has 1 saturated carbocycles. The second-order valence-electron chi connectivity index (χ2n) is 3.52. The van der Waals surface area contributed by atoms with Gasteiger partial charge in [-0.3, -0.25) is 0 Å². The summed E-state index contributed by atoms with van der Waals surface area (Å²) in [7, 11) is -3.47. The standard InChI is InChI=1S/C9H10FNO2S/c10-7-1-3-8(4-2-7)14(12,13)9(11)5-6-9/h1-4H,5-6,11H2. The highest BCUT2D eigenvalue weighted by atomic mass is 32.2. The molecule has 0 aliphatic heterocycles. The number of halogens is 1. The first-order chi connectivity index (χ1) is 6.46. The van der Waals surface area contributed by atoms with Gasteiger partial charge in [-0.1, -0.05) is 0 Å². The number of benzene rings is 1. The summed E-state index contributed by atoms with van der Waals surface area (Å²) in [6.07, 6.45) is 0.958. The minimum absolute atomic E-state index is 0.0962. The third-order valence-corrected chi connectivity index (χ3v) is 4.77. The van der Waals surface area contributed by atoms with E-state index in [1.165, 1.54) is 12.1 Å². The third kappa shape index (κ3) is 1.33. The van der Waals surface area contributed by atoms with Gasteiger partial charge in [0.05, 0.1) is 4.90 Å². The lowest BCUT2D eigenvalue weighted by atomic mass is 10.4. The molecule has 2 N–H and O–H groups in total. The zero-order chi connectivity index (χ0) is 10.4. The lowest BCUT2D eigenvalue weighted by Crippen LogP contribution is -2.32. The molecule has 5 heteroatoms. The monoisotopic (exact) mass is 215 g/mol. The van der Waals surface area contributed by atoms with E-state index in [9.17, 15) is 12.8 Å². The number of rotatable bonds is 2. The number of hydrogen-bond acceptors (Lipinski definition) is 3. The second kappa shape index (κ2) is 2.77. The maximum atomic E-state index is 12.6. The molecule has 1 aromatic rings. The largest absolute Gasteiger partial charge is 0.312 e. The van der Waals surface area contributed by atoms with E-state index in [0.29, 0.717) is 12.8 Å². The fraction of sp³-hybridized carbons (Fsp3) is 0.333. The van der Waals surface area contributed by atoms with Crippen molar-refractivity contribution in [1.82, 2.24) is 0 Å². The van der Waals surface area contributed by atoms with Gasteiger partial charge in [0, 0.05) is 0 Å². The molecule has 0 saturated heterocycles. The average molecular weight is 215 g/mol. The van der Waals surface area contributed by atoms with E-state index in [4.69, 9.17) is 5.73 Å². The summed E-state index contributed by atoms with van der Waals surface area (Å²) in [5, 5.41) is 0. The first-order valence-electron chi connectivity index (χ1n) is 4.25. The molecule has 0 radical (unpaired) electrons. The van der Waals surface area contributed by atoms with Crippen LogP contribution in [0.5, 0.6) is 0 Å². The van der Waals surface area contributed by atoms with E-state index in [0.717, 1.165) is 12.1 Å². The van der Waals surface area contributed by atoms with Crippen molar-refractivity contribution in [3.8, 4) is 0 Å². The molecule has 0 atom stereocenters. The Morgan fingerprint density at radius 2 is 1.71 bits per heavy atom. The van der Waals surface area contributed by atoms with Gasteiger partial charge in [0.2, 0.25) is 0 Å². The molecule has 0 heterocycles. The third-order valence-electron chi connectivity index (χ3n) is 2.40. The van der Waals surface area contributed by atoms with E-state index in [-0.39, 0.29) is 4.90 Å². The van der Waals surface area contributed by atoms with Gasteiger partial charge in [-0.15, -0.1) is 0 Å². The molecule has 0 aromatic heterocycles. The molecule has 1 aliphatic carbocycles. The van der Waals surface area contributed by atoms with Crippen LogP contribution in [0.3, 0.4) is 0 Å². The van der Waals surface area contributed by atoms with Crippen LogP contribution in [0, 0.1) is 5.82 Å². The van der Waals surface area contributed by atoms with Crippen molar-refractivity contribution in [2.75, 3.05) is 0 Å². The first-order valence-corrected chi connectivity index (χ1v) is 5.73. The van der Waals surface area contributed by atoms with Crippen LogP contribution >= 0.6 is 0 Å². The highest BCUT2D eigenvalue weighted by Gasteiger charge is 2.51. The Hall–Kier alpha value is -0.940. The van der Waals surface area contributed by atoms with Crippen LogP contribution in [-0.4, -0.2) is 13.3 Å². The zero-order valence-corrected chi connectivity index (χ0v) is 8.22. The lowest BCUT2D eigenvalue weighted by molar-refractivity contribution is 0.578. The van der Waals surface area contributed by atoms with Crippen molar-refractivity contribution in [3.63, 3.8) is 0 Å². The van der Waals surface area contributed by atoms with Crippen LogP contribution in [0.2, 0.25) is 0 Å². The predicted molar refractivity (Wildman–Crippen MR) is 49.7 cm³/mol. The summed E-state index contributed by atoms with van der Waals surface area (Å²) in [4.78, 5) is -1.01. The molecule has 1 aliphatic rings. The smallest absolute Gasteiger partial charge is 0.196 e. The second-order valence-corrected chi connectivity index (χ2v) is 5.81. The normalized spacial score (nSPS) is 19.3. The van der Waals surface area contributed by atoms with Gasteiger partial charge in [0.25, 0.3) is 0 Å². The van der Waals surface area contributed by atoms with E-state index >= 15 is 0 Å². The quantitative estimate of drug-likeness (QED) is 0.750. The molecule has 1 fully saturated rings. The molecule has 0 bridgehead atoms. The van der Waals surface area contributed by atoms with Crippen molar-refractivity contribution in [1.29, 1.82) is 0 Å². The Kier molecular flexibility index (Phi) is 1.90. The highest BCUT2D eigenvalue weighted by Crippen LogP contribution is 2.41. The van der Waals surface area contributed by atoms with Gasteiger partial charge in [-0.05, 0) is 37.1 Å². The van der Waals surface area contributed by atoms with Crippen LogP contribution in [0.4, 0.5) is 4.39 Å². The lowest BCUT2D eigenvalue weighted by Gasteiger charge is -2.10. The Morgan fingerprint density at radius 1 is 1.21 bits per heavy atom. The maximum absolute atomic E-state index is 12.6. The van der Waals surface area contributed by atoms with Gasteiger partial charge in [-0.25, -0.2) is 12.8 Å². The summed E-state index contributed by atoms with van der Waals surface area (Å²) in [6, 6.07) is 4.74. The summed E-state index contributed by atoms with van der Waals surface area (Å²) in [5.41, 5.74) is 5.61. The van der Waals surface area contributed by atoms with Crippen LogP contribution in [0.25, 0.3) is 0 Å². The molecule has 0 amide bonds. The Labute approximate surface area is 81.7 Å². The van der Waals surface area contributed by atoms with Crippen molar-refractivity contribution in [2.24, 2.45) is 5.73 Å². The van der Waals surface area contributed by atoms with Gasteiger partial charge >= 0.3 is 0 Å². The van der Waals surface area contributed by atoms with Gasteiger partial charge < -0.3 is 5.73 Å². The van der Waals surface area contributed by atoms with Crippen molar-refractivity contribution in [3.05, 3.63) is 30.1 Å². The summed E-state index contributed by atoms with van der Waals surface area (Å²) in [5.74, 6) is -0.453. The number of nitrogens with two attached hydrogens (primary N) is 1. The molecular formula is C9H10FNO2S. The fourth-order valence-corrected chi connectivity index (χ4v) is 2.84. The van der Waals surface area contributed by atoms with Crippen LogP contribution < -0.4 is 5.73 Å². The minimum atomic E-state index is -3.47. The average Bonchev–Trinajstić information content (AvgIpc) is 2.86. The Morgan fingerprint density at radius 3 is 2.14 bits per heavy atom. The van der Waals surface area contributed by atoms with Crippen LogP contribution in [0.15, 0.2) is 29.2 Å². The van der Waals surface area contributed by atoms with E-state index in [1.807, 2.05) is 0 Å². The minimum Gasteiger partial charge on any atom is -0.312 e. The molecule has 2 rings (SSSR count). The van der Waals surface area contributed by atoms with Crippen LogP contribution in [-0.2, 0) is 9.84 Å². The summed E-state index contributed by atoms with van der Waals surface area (Å²) >= 11 is 0. The fourth-order valence-electron chi connectivity index (χ4n) is 1.24. The number of hydrogen-bond donors (Lipinski definition) is 1. The Bertz CT molecular complexity index is 448. The summed E-state index contributed by atoms with van der Waals surface area (Å²) < 4.78 is 36.1. The van der Waals surface area contributed by atoms with Crippen molar-refractivity contribution in [2.45, 2.75) is 22.6 Å². The van der Waals surface area contributed by atoms with E-state index in [1.54, 1.807) is 0 Å². The predicted octanol–water partition coefficient (Wildman–Crippen LogP) is 1.05. The zero-order valence-electron chi connectivity index (χ0n) is 7.40. The molecule has 76 valence electrons. The highest BCUT2D eigenvalue weighted by molar-refractivity contribution is 7.93. The molecule has 0 unspecified atom stereocenters. The van der Waals surface area contributed by atoms with Gasteiger partial charge in [0.1, 0.15) is 10.7 Å². The van der Waals surface area contributed by atoms with Crippen molar-refractivity contribution >= 4 is 9.84 Å². The van der Waals surface area contributed by atoms with E-state index < -0.39 is 20.5 Å². The molecule has 14 heavy (non-hydrogen) atoms. The molecule has 3 nitrogen and oxygen atoms in total. The number of sulfone groups is 1. The SMILES string of the molecule is NC1(S(=O)(=O)c2ccc(F)cc2)CC1. The molecule has 0 spiro atoms. The first kappa shape index (κ1) is 9.61. The summed E-state index contributed by atoms with van der Waals surface area (Å²) in [6.45, 7) is 0. The molecular weight excluding hydrogens is 205 g/mol. The van der Waals surface area contributed by atoms with Gasteiger partial charge in [0.15, 0.2) is 9.84 Å². The topological polar surface area (TPSA) is 60.2 Å².